The smallest absolute Gasteiger partial charge is 0.224 e. The number of nitrogens with zero attached hydrogens (tertiary/aromatic N) is 2. The van der Waals surface area contributed by atoms with Gasteiger partial charge in [-0.2, -0.15) is 0 Å². The molecular formula is C14H27N3O. The number of carbonyl (C=O) groups excluding carboxylic acids is 1. The average Bonchev–Trinajstić information content (AvgIpc) is 2.39. The van der Waals surface area contributed by atoms with Gasteiger partial charge in [0, 0.05) is 38.1 Å². The van der Waals surface area contributed by atoms with Crippen LogP contribution in [-0.2, 0) is 4.79 Å². The summed E-state index contributed by atoms with van der Waals surface area (Å²) in [5.74, 6) is 0.273. The molecule has 4 heteroatoms. The summed E-state index contributed by atoms with van der Waals surface area (Å²) in [4.78, 5) is 16.7. The Morgan fingerprint density at radius 1 is 1.11 bits per heavy atom. The fourth-order valence-corrected chi connectivity index (χ4v) is 3.16. The van der Waals surface area contributed by atoms with Gasteiger partial charge in [-0.1, -0.05) is 26.2 Å². The molecule has 0 radical (unpaired) electrons. The van der Waals surface area contributed by atoms with Crippen LogP contribution in [0.1, 0.15) is 45.4 Å². The quantitative estimate of drug-likeness (QED) is 0.822. The highest BCUT2D eigenvalue weighted by Crippen LogP contribution is 2.29. The molecule has 1 saturated heterocycles. The molecule has 1 aliphatic carbocycles. The predicted molar refractivity (Wildman–Crippen MR) is 73.3 cm³/mol. The van der Waals surface area contributed by atoms with Crippen LogP contribution < -0.4 is 5.73 Å². The van der Waals surface area contributed by atoms with Crippen molar-refractivity contribution in [3.63, 3.8) is 0 Å². The van der Waals surface area contributed by atoms with Gasteiger partial charge in [-0.25, -0.2) is 0 Å². The van der Waals surface area contributed by atoms with Crippen molar-refractivity contribution in [2.75, 3.05) is 32.7 Å². The molecule has 0 unspecified atom stereocenters. The molecule has 0 bridgehead atoms. The van der Waals surface area contributed by atoms with E-state index in [-0.39, 0.29) is 11.4 Å². The van der Waals surface area contributed by atoms with Crippen LogP contribution in [0.2, 0.25) is 0 Å². The molecule has 1 aliphatic heterocycles. The number of piperazine rings is 1. The van der Waals surface area contributed by atoms with Gasteiger partial charge in [0.1, 0.15) is 0 Å². The molecule has 2 N–H and O–H groups in total. The SMILES string of the molecule is CCN1CCN(C(=O)CC2(N)CCCCC2)CC1. The van der Waals surface area contributed by atoms with E-state index < -0.39 is 0 Å². The summed E-state index contributed by atoms with van der Waals surface area (Å²) in [5, 5.41) is 0. The zero-order valence-corrected chi connectivity index (χ0v) is 11.7. The van der Waals surface area contributed by atoms with Crippen LogP contribution in [0, 0.1) is 0 Å². The van der Waals surface area contributed by atoms with Crippen molar-refractivity contribution in [2.24, 2.45) is 5.73 Å². The zero-order valence-electron chi connectivity index (χ0n) is 11.7. The van der Waals surface area contributed by atoms with Crippen LogP contribution in [0.3, 0.4) is 0 Å². The molecule has 18 heavy (non-hydrogen) atoms. The molecule has 1 saturated carbocycles. The van der Waals surface area contributed by atoms with Crippen LogP contribution in [-0.4, -0.2) is 54.0 Å². The highest BCUT2D eigenvalue weighted by Gasteiger charge is 2.32. The molecule has 0 aromatic rings. The van der Waals surface area contributed by atoms with E-state index in [1.165, 1.54) is 19.3 Å². The molecular weight excluding hydrogens is 226 g/mol. The Bertz CT molecular complexity index is 279. The summed E-state index contributed by atoms with van der Waals surface area (Å²) >= 11 is 0. The van der Waals surface area contributed by atoms with Gasteiger partial charge in [0.05, 0.1) is 0 Å². The van der Waals surface area contributed by atoms with Gasteiger partial charge in [0.25, 0.3) is 0 Å². The van der Waals surface area contributed by atoms with E-state index in [1.54, 1.807) is 0 Å². The Labute approximate surface area is 110 Å². The van der Waals surface area contributed by atoms with Crippen LogP contribution >= 0.6 is 0 Å². The molecule has 0 aromatic heterocycles. The van der Waals surface area contributed by atoms with E-state index in [9.17, 15) is 4.79 Å². The van der Waals surface area contributed by atoms with Crippen molar-refractivity contribution in [1.29, 1.82) is 0 Å². The largest absolute Gasteiger partial charge is 0.340 e. The second-order valence-corrected chi connectivity index (χ2v) is 5.91. The van der Waals surface area contributed by atoms with Gasteiger partial charge >= 0.3 is 0 Å². The van der Waals surface area contributed by atoms with Gasteiger partial charge < -0.3 is 15.5 Å². The molecule has 1 heterocycles. The van der Waals surface area contributed by atoms with Gasteiger partial charge in [-0.15, -0.1) is 0 Å². The van der Waals surface area contributed by atoms with E-state index in [2.05, 4.69) is 11.8 Å². The maximum Gasteiger partial charge on any atom is 0.224 e. The first-order chi connectivity index (χ1) is 8.63. The summed E-state index contributed by atoms with van der Waals surface area (Å²) < 4.78 is 0. The highest BCUT2D eigenvalue weighted by molar-refractivity contribution is 5.77. The third-order valence-electron chi connectivity index (χ3n) is 4.52. The van der Waals surface area contributed by atoms with E-state index >= 15 is 0 Å². The Kier molecular flexibility index (Phi) is 4.62. The number of hydrogen-bond acceptors (Lipinski definition) is 3. The van der Waals surface area contributed by atoms with E-state index in [0.29, 0.717) is 6.42 Å². The van der Waals surface area contributed by atoms with Gasteiger partial charge in [0.15, 0.2) is 0 Å². The fourth-order valence-electron chi connectivity index (χ4n) is 3.16. The zero-order chi connectivity index (χ0) is 13.0. The topological polar surface area (TPSA) is 49.6 Å². The normalized spacial score (nSPS) is 25.1. The van der Waals surface area contributed by atoms with Crippen LogP contribution in [0.15, 0.2) is 0 Å². The first kappa shape index (κ1) is 13.8. The van der Waals surface area contributed by atoms with E-state index in [4.69, 9.17) is 5.73 Å². The van der Waals surface area contributed by atoms with Crippen molar-refractivity contribution in [3.05, 3.63) is 0 Å². The van der Waals surface area contributed by atoms with Crippen molar-refractivity contribution in [3.8, 4) is 0 Å². The Morgan fingerprint density at radius 2 is 1.72 bits per heavy atom. The van der Waals surface area contributed by atoms with Gasteiger partial charge in [-0.3, -0.25) is 4.79 Å². The summed E-state index contributed by atoms with van der Waals surface area (Å²) in [5.41, 5.74) is 6.15. The summed E-state index contributed by atoms with van der Waals surface area (Å²) in [6.07, 6.45) is 6.25. The molecule has 0 spiro atoms. The predicted octanol–water partition coefficient (Wildman–Crippen LogP) is 1.20. The minimum atomic E-state index is -0.211. The molecule has 0 aromatic carbocycles. The minimum Gasteiger partial charge on any atom is -0.340 e. The Hall–Kier alpha value is -0.610. The fraction of sp³-hybridized carbons (Fsp3) is 0.929. The second-order valence-electron chi connectivity index (χ2n) is 5.91. The molecule has 2 rings (SSSR count). The van der Waals surface area contributed by atoms with Gasteiger partial charge in [-0.05, 0) is 19.4 Å². The third-order valence-corrected chi connectivity index (χ3v) is 4.52. The second kappa shape index (κ2) is 6.02. The lowest BCUT2D eigenvalue weighted by atomic mass is 9.80. The lowest BCUT2D eigenvalue weighted by molar-refractivity contribution is -0.134. The highest BCUT2D eigenvalue weighted by atomic mass is 16.2. The number of carbonyl (C=O) groups is 1. The van der Waals surface area contributed by atoms with Crippen molar-refractivity contribution >= 4 is 5.91 Å². The molecule has 1 amide bonds. The molecule has 2 fully saturated rings. The van der Waals surface area contributed by atoms with Crippen LogP contribution in [0.5, 0.6) is 0 Å². The summed E-state index contributed by atoms with van der Waals surface area (Å²) in [6.45, 7) is 7.04. The average molecular weight is 253 g/mol. The first-order valence-corrected chi connectivity index (χ1v) is 7.42. The first-order valence-electron chi connectivity index (χ1n) is 7.42. The Morgan fingerprint density at radius 3 is 2.28 bits per heavy atom. The molecule has 0 atom stereocenters. The van der Waals surface area contributed by atoms with Crippen LogP contribution in [0.4, 0.5) is 0 Å². The standard InChI is InChI=1S/C14H27N3O/c1-2-16-8-10-17(11-9-16)13(18)12-14(15)6-4-3-5-7-14/h2-12,15H2,1H3. The summed E-state index contributed by atoms with van der Waals surface area (Å²) in [6, 6.07) is 0. The minimum absolute atomic E-state index is 0.211. The Balaban J connectivity index is 1.81. The number of hydrogen-bond donors (Lipinski definition) is 1. The lowest BCUT2D eigenvalue weighted by Gasteiger charge is -2.38. The molecule has 104 valence electrons. The van der Waals surface area contributed by atoms with Crippen molar-refractivity contribution in [2.45, 2.75) is 51.0 Å². The summed E-state index contributed by atoms with van der Waals surface area (Å²) in [7, 11) is 0. The van der Waals surface area contributed by atoms with Crippen LogP contribution in [0.25, 0.3) is 0 Å². The number of likely N-dealkylation sites (N-methyl/N-ethyl adjacent to an activating group) is 1. The van der Waals surface area contributed by atoms with Gasteiger partial charge in [0.2, 0.25) is 5.91 Å². The van der Waals surface area contributed by atoms with Crippen molar-refractivity contribution in [1.82, 2.24) is 9.80 Å². The number of rotatable bonds is 3. The van der Waals surface area contributed by atoms with Crippen molar-refractivity contribution < 1.29 is 4.79 Å². The molecule has 4 nitrogen and oxygen atoms in total. The third kappa shape index (κ3) is 3.45. The molecule has 2 aliphatic rings. The lowest BCUT2D eigenvalue weighted by Crippen LogP contribution is -2.52. The number of amides is 1. The van der Waals surface area contributed by atoms with E-state index in [0.717, 1.165) is 45.6 Å². The monoisotopic (exact) mass is 253 g/mol. The maximum atomic E-state index is 12.3. The van der Waals surface area contributed by atoms with E-state index in [1.807, 2.05) is 4.90 Å². The number of nitrogens with two attached hydrogens (primary N) is 1. The maximum absolute atomic E-state index is 12.3.